The molecule has 0 aromatic carbocycles. The molecule has 2 rings (SSSR count). The van der Waals surface area contributed by atoms with Crippen LogP contribution in [0.25, 0.3) is 11.0 Å². The van der Waals surface area contributed by atoms with Crippen molar-refractivity contribution < 1.29 is 9.53 Å². The fourth-order valence-corrected chi connectivity index (χ4v) is 1.47. The number of hydrogen-bond acceptors (Lipinski definition) is 3. The van der Waals surface area contributed by atoms with E-state index in [2.05, 4.69) is 4.98 Å². The number of nitrogens with zero attached hydrogens (tertiary/aromatic N) is 2. The van der Waals surface area contributed by atoms with Crippen LogP contribution in [-0.4, -0.2) is 22.9 Å². The minimum atomic E-state index is 0.552. The monoisotopic (exact) mass is 190 g/mol. The second kappa shape index (κ2) is 3.14. The summed E-state index contributed by atoms with van der Waals surface area (Å²) in [6.45, 7) is 0. The van der Waals surface area contributed by atoms with Gasteiger partial charge in [0.25, 0.3) is 0 Å². The Labute approximate surface area is 81.1 Å². The van der Waals surface area contributed by atoms with Crippen LogP contribution in [0.2, 0.25) is 0 Å². The first kappa shape index (κ1) is 8.74. The normalized spacial score (nSPS) is 10.4. The highest BCUT2D eigenvalue weighted by atomic mass is 16.5. The van der Waals surface area contributed by atoms with Gasteiger partial charge in [0.15, 0.2) is 6.29 Å². The van der Waals surface area contributed by atoms with Crippen molar-refractivity contribution in [3.05, 3.63) is 23.9 Å². The Morgan fingerprint density at radius 1 is 1.50 bits per heavy atom. The van der Waals surface area contributed by atoms with E-state index in [1.54, 1.807) is 19.4 Å². The highest BCUT2D eigenvalue weighted by Crippen LogP contribution is 2.20. The molecular weight excluding hydrogens is 180 g/mol. The fraction of sp³-hybridized carbons (Fsp3) is 0.200. The van der Waals surface area contributed by atoms with Gasteiger partial charge in [0, 0.05) is 30.3 Å². The van der Waals surface area contributed by atoms with Crippen LogP contribution in [0, 0.1) is 0 Å². The SMILES string of the molecule is COc1ccc2c(C=O)cn(C)c2n1. The number of aldehydes is 1. The Kier molecular flexibility index (Phi) is 1.96. The van der Waals surface area contributed by atoms with Gasteiger partial charge in [-0.1, -0.05) is 0 Å². The lowest BCUT2D eigenvalue weighted by atomic mass is 10.2. The van der Waals surface area contributed by atoms with Gasteiger partial charge < -0.3 is 9.30 Å². The molecule has 0 saturated carbocycles. The van der Waals surface area contributed by atoms with E-state index in [1.807, 2.05) is 17.7 Å². The largest absolute Gasteiger partial charge is 0.481 e. The molecule has 14 heavy (non-hydrogen) atoms. The van der Waals surface area contributed by atoms with Gasteiger partial charge in [0.1, 0.15) is 5.65 Å². The topological polar surface area (TPSA) is 44.1 Å². The van der Waals surface area contributed by atoms with Crippen LogP contribution in [0.1, 0.15) is 10.4 Å². The first-order valence-corrected chi connectivity index (χ1v) is 4.21. The Balaban J connectivity index is 2.76. The molecule has 2 heterocycles. The van der Waals surface area contributed by atoms with Gasteiger partial charge >= 0.3 is 0 Å². The number of methoxy groups -OCH3 is 1. The van der Waals surface area contributed by atoms with E-state index < -0.39 is 0 Å². The summed E-state index contributed by atoms with van der Waals surface area (Å²) in [5.74, 6) is 0.552. The summed E-state index contributed by atoms with van der Waals surface area (Å²) in [4.78, 5) is 15.0. The van der Waals surface area contributed by atoms with E-state index in [9.17, 15) is 4.79 Å². The quantitative estimate of drug-likeness (QED) is 0.672. The van der Waals surface area contributed by atoms with Crippen molar-refractivity contribution in [1.82, 2.24) is 9.55 Å². The van der Waals surface area contributed by atoms with Gasteiger partial charge in [-0.2, -0.15) is 4.98 Å². The molecule has 0 atom stereocenters. The molecule has 0 saturated heterocycles. The first-order chi connectivity index (χ1) is 6.76. The highest BCUT2D eigenvalue weighted by molar-refractivity contribution is 5.96. The van der Waals surface area contributed by atoms with Crippen LogP contribution in [0.3, 0.4) is 0 Å². The Morgan fingerprint density at radius 3 is 2.93 bits per heavy atom. The lowest BCUT2D eigenvalue weighted by Crippen LogP contribution is -1.91. The zero-order valence-corrected chi connectivity index (χ0v) is 8.02. The summed E-state index contributed by atoms with van der Waals surface area (Å²) in [5.41, 5.74) is 1.41. The molecular formula is C10H10N2O2. The standard InChI is InChI=1S/C10H10N2O2/c1-12-5-7(6-13)8-3-4-9(14-2)11-10(8)12/h3-6H,1-2H3. The van der Waals surface area contributed by atoms with Gasteiger partial charge in [-0.3, -0.25) is 4.79 Å². The smallest absolute Gasteiger partial charge is 0.214 e. The minimum absolute atomic E-state index is 0.552. The molecule has 0 aliphatic heterocycles. The molecule has 0 radical (unpaired) electrons. The number of pyridine rings is 1. The molecule has 2 aromatic heterocycles. The number of aromatic nitrogens is 2. The van der Waals surface area contributed by atoms with Crippen molar-refractivity contribution in [1.29, 1.82) is 0 Å². The molecule has 0 unspecified atom stereocenters. The van der Waals surface area contributed by atoms with Gasteiger partial charge in [-0.05, 0) is 6.07 Å². The third-order valence-electron chi connectivity index (χ3n) is 2.16. The molecule has 0 bridgehead atoms. The van der Waals surface area contributed by atoms with Crippen molar-refractivity contribution in [2.75, 3.05) is 7.11 Å². The molecule has 0 N–H and O–H groups in total. The maximum atomic E-state index is 10.7. The summed E-state index contributed by atoms with van der Waals surface area (Å²) in [5, 5.41) is 0.850. The highest BCUT2D eigenvalue weighted by Gasteiger charge is 2.07. The average Bonchev–Trinajstić information content (AvgIpc) is 2.55. The summed E-state index contributed by atoms with van der Waals surface area (Å²) in [6.07, 6.45) is 2.58. The molecule has 0 amide bonds. The summed E-state index contributed by atoms with van der Waals surface area (Å²) >= 11 is 0. The van der Waals surface area contributed by atoms with Gasteiger partial charge in [-0.25, -0.2) is 0 Å². The molecule has 4 nitrogen and oxygen atoms in total. The number of carbonyl (C=O) groups is 1. The number of carbonyl (C=O) groups excluding carboxylic acids is 1. The van der Waals surface area contributed by atoms with Crippen molar-refractivity contribution in [2.45, 2.75) is 0 Å². The first-order valence-electron chi connectivity index (χ1n) is 4.21. The van der Waals surface area contributed by atoms with E-state index in [0.717, 1.165) is 17.3 Å². The summed E-state index contributed by atoms with van der Waals surface area (Å²) in [6, 6.07) is 3.58. The fourth-order valence-electron chi connectivity index (χ4n) is 1.47. The molecule has 0 spiro atoms. The van der Waals surface area contributed by atoms with Crippen molar-refractivity contribution in [2.24, 2.45) is 7.05 Å². The minimum Gasteiger partial charge on any atom is -0.481 e. The maximum absolute atomic E-state index is 10.7. The van der Waals surface area contributed by atoms with E-state index in [4.69, 9.17) is 4.74 Å². The number of hydrogen-bond donors (Lipinski definition) is 0. The lowest BCUT2D eigenvalue weighted by Gasteiger charge is -1.99. The second-order valence-electron chi connectivity index (χ2n) is 3.04. The van der Waals surface area contributed by atoms with Crippen LogP contribution in [0.5, 0.6) is 5.88 Å². The third-order valence-corrected chi connectivity index (χ3v) is 2.16. The van der Waals surface area contributed by atoms with E-state index >= 15 is 0 Å². The number of rotatable bonds is 2. The predicted octanol–water partition coefficient (Wildman–Crippen LogP) is 1.39. The van der Waals surface area contributed by atoms with Crippen molar-refractivity contribution in [3.8, 4) is 5.88 Å². The number of ether oxygens (including phenoxy) is 1. The summed E-state index contributed by atoms with van der Waals surface area (Å²) in [7, 11) is 3.42. The van der Waals surface area contributed by atoms with Crippen molar-refractivity contribution in [3.63, 3.8) is 0 Å². The van der Waals surface area contributed by atoms with Crippen molar-refractivity contribution >= 4 is 17.3 Å². The second-order valence-corrected chi connectivity index (χ2v) is 3.04. The van der Waals surface area contributed by atoms with Gasteiger partial charge in [0.05, 0.1) is 7.11 Å². The number of aryl methyl sites for hydroxylation is 1. The van der Waals surface area contributed by atoms with Gasteiger partial charge in [0.2, 0.25) is 5.88 Å². The Bertz CT molecular complexity index is 488. The zero-order valence-electron chi connectivity index (χ0n) is 8.02. The predicted molar refractivity (Wildman–Crippen MR) is 52.7 cm³/mol. The van der Waals surface area contributed by atoms with Gasteiger partial charge in [-0.15, -0.1) is 0 Å². The lowest BCUT2D eigenvalue weighted by molar-refractivity contribution is 0.112. The molecule has 0 aliphatic rings. The summed E-state index contributed by atoms with van der Waals surface area (Å²) < 4.78 is 6.81. The average molecular weight is 190 g/mol. The van der Waals surface area contributed by atoms with Crippen LogP contribution in [-0.2, 0) is 7.05 Å². The van der Waals surface area contributed by atoms with Crippen LogP contribution >= 0.6 is 0 Å². The molecule has 0 fully saturated rings. The molecule has 0 aliphatic carbocycles. The van der Waals surface area contributed by atoms with E-state index in [1.165, 1.54) is 0 Å². The number of fused-ring (bicyclic) bond motifs is 1. The Morgan fingerprint density at radius 2 is 2.29 bits per heavy atom. The van der Waals surface area contributed by atoms with Crippen LogP contribution < -0.4 is 4.74 Å². The van der Waals surface area contributed by atoms with E-state index in [-0.39, 0.29) is 0 Å². The van der Waals surface area contributed by atoms with E-state index in [0.29, 0.717) is 11.4 Å². The van der Waals surface area contributed by atoms with Crippen LogP contribution in [0.4, 0.5) is 0 Å². The maximum Gasteiger partial charge on any atom is 0.214 e. The molecule has 2 aromatic rings. The molecule has 72 valence electrons. The Hall–Kier alpha value is -1.84. The zero-order chi connectivity index (χ0) is 10.1. The molecule has 4 heteroatoms. The third kappa shape index (κ3) is 1.16. The van der Waals surface area contributed by atoms with Crippen LogP contribution in [0.15, 0.2) is 18.3 Å².